The Morgan fingerprint density at radius 2 is 2.00 bits per heavy atom. The number of alkyl halides is 1. The van der Waals surface area contributed by atoms with Crippen LogP contribution in [0.25, 0.3) is 0 Å². The van der Waals surface area contributed by atoms with Crippen LogP contribution in [0.2, 0.25) is 0 Å². The molecule has 1 aliphatic carbocycles. The molecule has 0 aromatic heterocycles. The Balaban J connectivity index is 2.18. The lowest BCUT2D eigenvalue weighted by Crippen LogP contribution is -2.43. The number of nitrogens with one attached hydrogen (secondary N) is 2. The molecule has 0 spiro atoms. The van der Waals surface area contributed by atoms with E-state index in [0.29, 0.717) is 19.4 Å². The van der Waals surface area contributed by atoms with Crippen molar-refractivity contribution in [3.8, 4) is 0 Å². The van der Waals surface area contributed by atoms with E-state index in [2.05, 4.69) is 10.6 Å². The fraction of sp³-hybridized carbons (Fsp3) is 0.889. The van der Waals surface area contributed by atoms with E-state index < -0.39 is 6.17 Å². The highest BCUT2D eigenvalue weighted by Gasteiger charge is 2.21. The summed E-state index contributed by atoms with van der Waals surface area (Å²) in [6, 6.07) is 0.0309. The Morgan fingerprint density at radius 3 is 2.54 bits per heavy atom. The van der Waals surface area contributed by atoms with Crippen molar-refractivity contribution in [3.05, 3.63) is 0 Å². The molecule has 76 valence electrons. The third kappa shape index (κ3) is 3.61. The van der Waals surface area contributed by atoms with E-state index in [1.54, 1.807) is 0 Å². The van der Waals surface area contributed by atoms with Crippen LogP contribution < -0.4 is 10.6 Å². The van der Waals surface area contributed by atoms with Crippen LogP contribution in [0.15, 0.2) is 0 Å². The lowest BCUT2D eigenvalue weighted by atomic mass is 9.94. The Kier molecular flexibility index (Phi) is 3.99. The molecule has 0 radical (unpaired) electrons. The number of halogens is 1. The monoisotopic (exact) mass is 188 g/mol. The molecule has 2 amide bonds. The Labute approximate surface area is 78.1 Å². The van der Waals surface area contributed by atoms with E-state index in [9.17, 15) is 9.18 Å². The van der Waals surface area contributed by atoms with E-state index in [-0.39, 0.29) is 12.1 Å². The molecule has 4 heteroatoms. The molecule has 0 aromatic rings. The lowest BCUT2D eigenvalue weighted by Gasteiger charge is -2.24. The fourth-order valence-electron chi connectivity index (χ4n) is 1.59. The van der Waals surface area contributed by atoms with Crippen molar-refractivity contribution in [3.63, 3.8) is 0 Å². The second-order valence-electron chi connectivity index (χ2n) is 3.45. The normalized spacial score (nSPS) is 28.2. The van der Waals surface area contributed by atoms with Crippen molar-refractivity contribution in [1.29, 1.82) is 0 Å². The molecule has 2 N–H and O–H groups in total. The highest BCUT2D eigenvalue weighted by Crippen LogP contribution is 2.20. The van der Waals surface area contributed by atoms with E-state index in [1.807, 2.05) is 6.92 Å². The largest absolute Gasteiger partial charge is 0.338 e. The van der Waals surface area contributed by atoms with Crippen LogP contribution in [0.4, 0.5) is 9.18 Å². The summed E-state index contributed by atoms with van der Waals surface area (Å²) in [6.07, 6.45) is 2.03. The third-order valence-electron chi connectivity index (χ3n) is 2.33. The first kappa shape index (κ1) is 10.3. The molecule has 1 rings (SSSR count). The van der Waals surface area contributed by atoms with Gasteiger partial charge < -0.3 is 10.6 Å². The highest BCUT2D eigenvalue weighted by molar-refractivity contribution is 5.74. The van der Waals surface area contributed by atoms with Crippen LogP contribution >= 0.6 is 0 Å². The van der Waals surface area contributed by atoms with Crippen LogP contribution in [0.5, 0.6) is 0 Å². The number of carbonyl (C=O) groups is 1. The number of rotatable bonds is 2. The summed E-state index contributed by atoms with van der Waals surface area (Å²) in [7, 11) is 0. The highest BCUT2D eigenvalue weighted by atomic mass is 19.1. The van der Waals surface area contributed by atoms with Crippen LogP contribution in [-0.2, 0) is 0 Å². The molecule has 3 nitrogen and oxygen atoms in total. The zero-order valence-corrected chi connectivity index (χ0v) is 7.98. The van der Waals surface area contributed by atoms with Crippen LogP contribution in [0, 0.1) is 0 Å². The molecule has 0 aliphatic heterocycles. The zero-order valence-electron chi connectivity index (χ0n) is 7.98. The van der Waals surface area contributed by atoms with Gasteiger partial charge in [0.25, 0.3) is 0 Å². The molecular formula is C9H17FN2O. The van der Waals surface area contributed by atoms with E-state index in [1.165, 1.54) is 0 Å². The number of hydrogen-bond donors (Lipinski definition) is 2. The van der Waals surface area contributed by atoms with E-state index >= 15 is 0 Å². The van der Waals surface area contributed by atoms with Crippen molar-refractivity contribution in [2.45, 2.75) is 44.8 Å². The fourth-order valence-corrected chi connectivity index (χ4v) is 1.59. The summed E-state index contributed by atoms with van der Waals surface area (Å²) in [5.41, 5.74) is 0. The summed E-state index contributed by atoms with van der Waals surface area (Å²) in [5, 5.41) is 5.48. The van der Waals surface area contributed by atoms with Gasteiger partial charge >= 0.3 is 6.03 Å². The molecular weight excluding hydrogens is 171 g/mol. The molecule has 1 fully saturated rings. The second-order valence-corrected chi connectivity index (χ2v) is 3.45. The summed E-state index contributed by atoms with van der Waals surface area (Å²) in [6.45, 7) is 2.50. The van der Waals surface area contributed by atoms with Crippen LogP contribution in [-0.4, -0.2) is 24.8 Å². The smallest absolute Gasteiger partial charge is 0.314 e. The molecule has 1 aliphatic rings. The molecule has 0 unspecified atom stereocenters. The predicted octanol–water partition coefficient (Wildman–Crippen LogP) is 1.59. The zero-order chi connectivity index (χ0) is 9.68. The standard InChI is InChI=1S/C9H17FN2O/c1-2-11-9(13)12-8-5-3-7(10)4-6-8/h7-8H,2-6H2,1H3,(H2,11,12,13). The molecule has 0 aromatic carbocycles. The minimum Gasteiger partial charge on any atom is -0.338 e. The van der Waals surface area contributed by atoms with Gasteiger partial charge in [0.15, 0.2) is 0 Å². The molecule has 0 saturated heterocycles. The Bertz CT molecular complexity index is 167. The van der Waals surface area contributed by atoms with Gasteiger partial charge in [-0.15, -0.1) is 0 Å². The van der Waals surface area contributed by atoms with Gasteiger partial charge in [-0.2, -0.15) is 0 Å². The SMILES string of the molecule is CCNC(=O)NC1CCC(F)CC1. The van der Waals surface area contributed by atoms with Crippen LogP contribution in [0.3, 0.4) is 0 Å². The number of amides is 2. The topological polar surface area (TPSA) is 41.1 Å². The van der Waals surface area contributed by atoms with Gasteiger partial charge in [-0.05, 0) is 32.6 Å². The minimum absolute atomic E-state index is 0.134. The van der Waals surface area contributed by atoms with Crippen molar-refractivity contribution in [1.82, 2.24) is 10.6 Å². The molecule has 0 heterocycles. The maximum Gasteiger partial charge on any atom is 0.314 e. The molecule has 1 saturated carbocycles. The van der Waals surface area contributed by atoms with Gasteiger partial charge in [0.05, 0.1) is 0 Å². The third-order valence-corrected chi connectivity index (χ3v) is 2.33. The van der Waals surface area contributed by atoms with Gasteiger partial charge in [-0.1, -0.05) is 0 Å². The Morgan fingerprint density at radius 1 is 1.38 bits per heavy atom. The van der Waals surface area contributed by atoms with Gasteiger partial charge in [0.1, 0.15) is 6.17 Å². The average Bonchev–Trinajstić information content (AvgIpc) is 2.09. The quantitative estimate of drug-likeness (QED) is 0.678. The minimum atomic E-state index is -0.660. The van der Waals surface area contributed by atoms with Crippen molar-refractivity contribution in [2.75, 3.05) is 6.54 Å². The van der Waals surface area contributed by atoms with E-state index in [4.69, 9.17) is 0 Å². The second kappa shape index (κ2) is 5.04. The van der Waals surface area contributed by atoms with Crippen molar-refractivity contribution < 1.29 is 9.18 Å². The molecule has 0 atom stereocenters. The van der Waals surface area contributed by atoms with Gasteiger partial charge in [-0.25, -0.2) is 9.18 Å². The summed E-state index contributed by atoms with van der Waals surface area (Å²) in [4.78, 5) is 11.1. The van der Waals surface area contributed by atoms with Crippen molar-refractivity contribution in [2.24, 2.45) is 0 Å². The van der Waals surface area contributed by atoms with Crippen LogP contribution in [0.1, 0.15) is 32.6 Å². The maximum absolute atomic E-state index is 12.7. The number of carbonyl (C=O) groups excluding carboxylic acids is 1. The van der Waals surface area contributed by atoms with E-state index in [0.717, 1.165) is 12.8 Å². The molecule has 13 heavy (non-hydrogen) atoms. The van der Waals surface area contributed by atoms with Gasteiger partial charge in [0.2, 0.25) is 0 Å². The summed E-state index contributed by atoms with van der Waals surface area (Å²) < 4.78 is 12.7. The molecule has 0 bridgehead atoms. The predicted molar refractivity (Wildman–Crippen MR) is 49.4 cm³/mol. The van der Waals surface area contributed by atoms with Gasteiger partial charge in [-0.3, -0.25) is 0 Å². The number of urea groups is 1. The lowest BCUT2D eigenvalue weighted by molar-refractivity contribution is 0.207. The first-order valence-electron chi connectivity index (χ1n) is 4.90. The number of hydrogen-bond acceptors (Lipinski definition) is 1. The average molecular weight is 188 g/mol. The first-order chi connectivity index (χ1) is 6.22. The maximum atomic E-state index is 12.7. The summed E-state index contributed by atoms with van der Waals surface area (Å²) in [5.74, 6) is 0. The van der Waals surface area contributed by atoms with Gasteiger partial charge in [0, 0.05) is 12.6 Å². The Hall–Kier alpha value is -0.800. The van der Waals surface area contributed by atoms with Crippen molar-refractivity contribution >= 4 is 6.03 Å². The first-order valence-corrected chi connectivity index (χ1v) is 4.90. The summed E-state index contributed by atoms with van der Waals surface area (Å²) >= 11 is 0.